The van der Waals surface area contributed by atoms with Crippen LogP contribution >= 0.6 is 0 Å². The van der Waals surface area contributed by atoms with Crippen LogP contribution in [0.25, 0.3) is 11.3 Å². The highest BCUT2D eigenvalue weighted by Crippen LogP contribution is 2.26. The van der Waals surface area contributed by atoms with Crippen molar-refractivity contribution in [2.45, 2.75) is 26.4 Å². The summed E-state index contributed by atoms with van der Waals surface area (Å²) >= 11 is 0. The molecular weight excluding hydrogens is 200 g/mol. The van der Waals surface area contributed by atoms with Gasteiger partial charge in [-0.25, -0.2) is 4.98 Å². The van der Waals surface area contributed by atoms with Crippen LogP contribution in [0.5, 0.6) is 0 Å². The van der Waals surface area contributed by atoms with Gasteiger partial charge in [0.15, 0.2) is 0 Å². The number of benzene rings is 1. The Morgan fingerprint density at radius 2 is 2.19 bits per heavy atom. The second kappa shape index (κ2) is 4.49. The largest absolute Gasteiger partial charge is 0.392 e. The van der Waals surface area contributed by atoms with Gasteiger partial charge in [-0.1, -0.05) is 32.0 Å². The van der Waals surface area contributed by atoms with E-state index in [9.17, 15) is 0 Å². The zero-order valence-corrected chi connectivity index (χ0v) is 9.57. The molecule has 0 amide bonds. The Bertz CT molecular complexity index is 474. The molecule has 0 spiro atoms. The molecule has 2 N–H and O–H groups in total. The predicted octanol–water partition coefficient (Wildman–Crippen LogP) is 2.69. The van der Waals surface area contributed by atoms with Crippen molar-refractivity contribution in [1.82, 2.24) is 9.97 Å². The summed E-state index contributed by atoms with van der Waals surface area (Å²) < 4.78 is 0. The standard InChI is InChI=1S/C13H16N2O/c1-9(2)12-13(15-8-14-12)11-5-3-4-10(6-11)7-16/h3-6,8-9,16H,7H2,1-2H3,(H,14,15). The molecule has 2 aromatic rings. The molecule has 0 bridgehead atoms. The van der Waals surface area contributed by atoms with Crippen LogP contribution in [0.2, 0.25) is 0 Å². The van der Waals surface area contributed by atoms with E-state index in [4.69, 9.17) is 5.11 Å². The van der Waals surface area contributed by atoms with E-state index >= 15 is 0 Å². The smallest absolute Gasteiger partial charge is 0.0929 e. The van der Waals surface area contributed by atoms with Gasteiger partial charge in [-0.3, -0.25) is 0 Å². The average molecular weight is 216 g/mol. The second-order valence-electron chi connectivity index (χ2n) is 4.18. The first-order valence-corrected chi connectivity index (χ1v) is 5.46. The highest BCUT2D eigenvalue weighted by atomic mass is 16.3. The first kappa shape index (κ1) is 10.9. The maximum atomic E-state index is 9.11. The third kappa shape index (κ3) is 1.99. The van der Waals surface area contributed by atoms with E-state index in [0.717, 1.165) is 22.5 Å². The van der Waals surface area contributed by atoms with Crippen molar-refractivity contribution < 1.29 is 5.11 Å². The van der Waals surface area contributed by atoms with Gasteiger partial charge >= 0.3 is 0 Å². The first-order valence-electron chi connectivity index (χ1n) is 5.46. The number of rotatable bonds is 3. The minimum Gasteiger partial charge on any atom is -0.392 e. The zero-order valence-electron chi connectivity index (χ0n) is 9.57. The number of aromatic nitrogens is 2. The predicted molar refractivity (Wildman–Crippen MR) is 64.0 cm³/mol. The summed E-state index contributed by atoms with van der Waals surface area (Å²) in [5, 5.41) is 9.11. The lowest BCUT2D eigenvalue weighted by atomic mass is 10.0. The van der Waals surface area contributed by atoms with Gasteiger partial charge in [-0.2, -0.15) is 0 Å². The Balaban J connectivity index is 2.46. The lowest BCUT2D eigenvalue weighted by molar-refractivity contribution is 0.282. The van der Waals surface area contributed by atoms with Crippen LogP contribution in [0.15, 0.2) is 30.6 Å². The molecule has 0 aliphatic heterocycles. The minimum absolute atomic E-state index is 0.0648. The van der Waals surface area contributed by atoms with E-state index in [-0.39, 0.29) is 6.61 Å². The lowest BCUT2D eigenvalue weighted by Gasteiger charge is -2.06. The van der Waals surface area contributed by atoms with Crippen molar-refractivity contribution in [3.8, 4) is 11.3 Å². The van der Waals surface area contributed by atoms with E-state index in [0.29, 0.717) is 5.92 Å². The molecule has 0 unspecified atom stereocenters. The number of aliphatic hydroxyl groups is 1. The fourth-order valence-corrected chi connectivity index (χ4v) is 1.79. The number of nitrogens with zero attached hydrogens (tertiary/aromatic N) is 1. The molecule has 0 saturated carbocycles. The van der Waals surface area contributed by atoms with Crippen molar-refractivity contribution in [1.29, 1.82) is 0 Å². The summed E-state index contributed by atoms with van der Waals surface area (Å²) in [6.07, 6.45) is 1.72. The highest BCUT2D eigenvalue weighted by molar-refractivity contribution is 5.63. The van der Waals surface area contributed by atoms with Crippen LogP contribution in [-0.2, 0) is 6.61 Å². The molecule has 0 aliphatic rings. The van der Waals surface area contributed by atoms with E-state index in [1.807, 2.05) is 24.3 Å². The molecule has 1 aromatic heterocycles. The van der Waals surface area contributed by atoms with Gasteiger partial charge in [-0.05, 0) is 17.5 Å². The summed E-state index contributed by atoms with van der Waals surface area (Å²) in [5.74, 6) is 0.412. The molecular formula is C13H16N2O. The molecule has 0 radical (unpaired) electrons. The van der Waals surface area contributed by atoms with Crippen LogP contribution < -0.4 is 0 Å². The van der Waals surface area contributed by atoms with Crippen molar-refractivity contribution in [2.24, 2.45) is 0 Å². The van der Waals surface area contributed by atoms with Crippen LogP contribution in [0.3, 0.4) is 0 Å². The minimum atomic E-state index is 0.0648. The summed E-state index contributed by atoms with van der Waals surface area (Å²) in [4.78, 5) is 7.51. The lowest BCUT2D eigenvalue weighted by Crippen LogP contribution is -1.92. The fraction of sp³-hybridized carbons (Fsp3) is 0.308. The quantitative estimate of drug-likeness (QED) is 0.828. The van der Waals surface area contributed by atoms with Crippen molar-refractivity contribution in [3.05, 3.63) is 41.9 Å². The molecule has 1 aromatic carbocycles. The Hall–Kier alpha value is -1.61. The van der Waals surface area contributed by atoms with E-state index < -0.39 is 0 Å². The van der Waals surface area contributed by atoms with Crippen molar-refractivity contribution in [2.75, 3.05) is 0 Å². The maximum Gasteiger partial charge on any atom is 0.0929 e. The topological polar surface area (TPSA) is 48.9 Å². The molecule has 0 saturated heterocycles. The van der Waals surface area contributed by atoms with E-state index in [1.165, 1.54) is 0 Å². The molecule has 1 heterocycles. The van der Waals surface area contributed by atoms with Gasteiger partial charge in [0, 0.05) is 11.3 Å². The SMILES string of the molecule is CC(C)c1[nH]cnc1-c1cccc(CO)c1. The molecule has 16 heavy (non-hydrogen) atoms. The number of nitrogens with one attached hydrogen (secondary N) is 1. The summed E-state index contributed by atoms with van der Waals surface area (Å²) in [5.41, 5.74) is 4.08. The van der Waals surface area contributed by atoms with Crippen LogP contribution in [0.4, 0.5) is 0 Å². The molecule has 0 atom stereocenters. The normalized spacial score (nSPS) is 11.0. The Labute approximate surface area is 95.2 Å². The number of hydrogen-bond donors (Lipinski definition) is 2. The van der Waals surface area contributed by atoms with Gasteiger partial charge in [-0.15, -0.1) is 0 Å². The van der Waals surface area contributed by atoms with Gasteiger partial charge in [0.2, 0.25) is 0 Å². The fourth-order valence-electron chi connectivity index (χ4n) is 1.79. The number of H-pyrrole nitrogens is 1. The molecule has 0 aliphatic carbocycles. The Morgan fingerprint density at radius 1 is 1.38 bits per heavy atom. The van der Waals surface area contributed by atoms with Crippen LogP contribution in [0, 0.1) is 0 Å². The zero-order chi connectivity index (χ0) is 11.5. The van der Waals surface area contributed by atoms with Crippen molar-refractivity contribution in [3.63, 3.8) is 0 Å². The van der Waals surface area contributed by atoms with Gasteiger partial charge in [0.25, 0.3) is 0 Å². The third-order valence-corrected chi connectivity index (χ3v) is 2.63. The third-order valence-electron chi connectivity index (χ3n) is 2.63. The number of aromatic amines is 1. The Morgan fingerprint density at radius 3 is 2.88 bits per heavy atom. The Kier molecular flexibility index (Phi) is 3.06. The number of imidazole rings is 1. The van der Waals surface area contributed by atoms with E-state index in [2.05, 4.69) is 23.8 Å². The van der Waals surface area contributed by atoms with Gasteiger partial charge in [0.05, 0.1) is 18.6 Å². The van der Waals surface area contributed by atoms with Crippen molar-refractivity contribution >= 4 is 0 Å². The summed E-state index contributed by atoms with van der Waals surface area (Å²) in [6.45, 7) is 4.33. The number of hydrogen-bond acceptors (Lipinski definition) is 2. The highest BCUT2D eigenvalue weighted by Gasteiger charge is 2.11. The monoisotopic (exact) mass is 216 g/mol. The molecule has 84 valence electrons. The number of aliphatic hydroxyl groups excluding tert-OH is 1. The summed E-state index contributed by atoms with van der Waals surface area (Å²) in [6, 6.07) is 7.84. The van der Waals surface area contributed by atoms with E-state index in [1.54, 1.807) is 6.33 Å². The van der Waals surface area contributed by atoms with Gasteiger partial charge in [0.1, 0.15) is 0 Å². The van der Waals surface area contributed by atoms with Crippen LogP contribution in [0.1, 0.15) is 31.0 Å². The average Bonchev–Trinajstić information content (AvgIpc) is 2.78. The second-order valence-corrected chi connectivity index (χ2v) is 4.18. The first-order chi connectivity index (χ1) is 7.72. The van der Waals surface area contributed by atoms with Crippen LogP contribution in [-0.4, -0.2) is 15.1 Å². The maximum absolute atomic E-state index is 9.11. The molecule has 2 rings (SSSR count). The molecule has 0 fully saturated rings. The molecule has 3 nitrogen and oxygen atoms in total. The summed E-state index contributed by atoms with van der Waals surface area (Å²) in [7, 11) is 0. The molecule has 3 heteroatoms. The van der Waals surface area contributed by atoms with Gasteiger partial charge < -0.3 is 10.1 Å².